The maximum absolute atomic E-state index is 6.00. The van der Waals surface area contributed by atoms with Gasteiger partial charge in [-0.2, -0.15) is 0 Å². The van der Waals surface area contributed by atoms with Gasteiger partial charge in [-0.15, -0.1) is 6.58 Å². The van der Waals surface area contributed by atoms with E-state index in [1.54, 1.807) is 6.20 Å². The van der Waals surface area contributed by atoms with Crippen molar-refractivity contribution in [3.63, 3.8) is 0 Å². The Labute approximate surface area is 109 Å². The lowest BCUT2D eigenvalue weighted by atomic mass is 9.78. The topological polar surface area (TPSA) is 44.2 Å². The van der Waals surface area contributed by atoms with Gasteiger partial charge in [0.05, 0.1) is 11.2 Å². The van der Waals surface area contributed by atoms with Crippen LogP contribution in [0.1, 0.15) is 33.4 Å². The van der Waals surface area contributed by atoms with Crippen molar-refractivity contribution in [2.45, 2.75) is 45.3 Å². The van der Waals surface area contributed by atoms with Gasteiger partial charge in [-0.3, -0.25) is 0 Å². The highest BCUT2D eigenvalue weighted by Gasteiger charge is 2.52. The summed E-state index contributed by atoms with van der Waals surface area (Å²) in [6.07, 6.45) is 5.79. The van der Waals surface area contributed by atoms with Crippen LogP contribution < -0.4 is 5.46 Å². The summed E-state index contributed by atoms with van der Waals surface area (Å²) in [6, 6.07) is 0. The van der Waals surface area contributed by atoms with Gasteiger partial charge in [0, 0.05) is 23.8 Å². The van der Waals surface area contributed by atoms with E-state index in [-0.39, 0.29) is 11.2 Å². The summed E-state index contributed by atoms with van der Waals surface area (Å²) in [5.41, 5.74) is 1.09. The molecule has 1 fully saturated rings. The van der Waals surface area contributed by atoms with Crippen LogP contribution in [0.25, 0.3) is 0 Å². The Morgan fingerprint density at radius 2 is 1.89 bits per heavy atom. The van der Waals surface area contributed by atoms with Gasteiger partial charge in [-0.1, -0.05) is 6.08 Å². The van der Waals surface area contributed by atoms with Crippen LogP contribution in [0, 0.1) is 0 Å². The molecule has 0 aliphatic carbocycles. The average Bonchev–Trinajstić information content (AvgIpc) is 2.49. The van der Waals surface area contributed by atoms with E-state index >= 15 is 0 Å². The van der Waals surface area contributed by atoms with Crippen molar-refractivity contribution < 1.29 is 9.31 Å². The Balaban J connectivity index is 2.32. The monoisotopic (exact) mass is 246 g/mol. The molecule has 1 aliphatic rings. The first-order valence-electron chi connectivity index (χ1n) is 6.13. The highest BCUT2D eigenvalue weighted by molar-refractivity contribution is 6.62. The van der Waals surface area contributed by atoms with Crippen LogP contribution in [-0.2, 0) is 15.7 Å². The van der Waals surface area contributed by atoms with E-state index < -0.39 is 7.12 Å². The quantitative estimate of drug-likeness (QED) is 0.599. The smallest absolute Gasteiger partial charge is 0.399 e. The van der Waals surface area contributed by atoms with Gasteiger partial charge in [0.1, 0.15) is 6.33 Å². The van der Waals surface area contributed by atoms with Crippen molar-refractivity contribution in [2.24, 2.45) is 0 Å². The van der Waals surface area contributed by atoms with Crippen LogP contribution in [0.2, 0.25) is 0 Å². The van der Waals surface area contributed by atoms with Gasteiger partial charge in [-0.05, 0) is 27.7 Å². The zero-order valence-electron chi connectivity index (χ0n) is 11.4. The lowest BCUT2D eigenvalue weighted by Crippen LogP contribution is -2.41. The third-order valence-corrected chi connectivity index (χ3v) is 3.67. The van der Waals surface area contributed by atoms with Crippen LogP contribution in [-0.4, -0.2) is 28.3 Å². The van der Waals surface area contributed by atoms with Gasteiger partial charge < -0.3 is 9.31 Å². The van der Waals surface area contributed by atoms with E-state index in [0.29, 0.717) is 6.42 Å². The summed E-state index contributed by atoms with van der Waals surface area (Å²) < 4.78 is 12.0. The molecular weight excluding hydrogens is 227 g/mol. The third kappa shape index (κ3) is 2.20. The Hall–Kier alpha value is -1.20. The molecule has 5 heteroatoms. The van der Waals surface area contributed by atoms with Gasteiger partial charge in [-0.25, -0.2) is 9.97 Å². The van der Waals surface area contributed by atoms with Crippen molar-refractivity contribution >= 4 is 12.6 Å². The second-order valence-electron chi connectivity index (χ2n) is 5.51. The molecule has 1 aromatic rings. The van der Waals surface area contributed by atoms with Gasteiger partial charge in [0.2, 0.25) is 0 Å². The minimum Gasteiger partial charge on any atom is -0.399 e. The van der Waals surface area contributed by atoms with Crippen LogP contribution in [0.15, 0.2) is 25.2 Å². The molecule has 4 nitrogen and oxygen atoms in total. The predicted molar refractivity (Wildman–Crippen MR) is 71.6 cm³/mol. The fraction of sp³-hybridized carbons (Fsp3) is 0.538. The highest BCUT2D eigenvalue weighted by Crippen LogP contribution is 2.36. The van der Waals surface area contributed by atoms with Crippen molar-refractivity contribution in [3.05, 3.63) is 30.9 Å². The molecule has 0 N–H and O–H groups in total. The number of hydrogen-bond donors (Lipinski definition) is 0. The third-order valence-electron chi connectivity index (χ3n) is 3.67. The van der Waals surface area contributed by atoms with E-state index in [2.05, 4.69) is 16.5 Å². The largest absolute Gasteiger partial charge is 0.498 e. The van der Waals surface area contributed by atoms with Crippen molar-refractivity contribution in [3.8, 4) is 0 Å². The summed E-state index contributed by atoms with van der Waals surface area (Å²) in [6.45, 7) is 11.9. The molecule has 0 radical (unpaired) electrons. The van der Waals surface area contributed by atoms with E-state index in [1.807, 2.05) is 33.8 Å². The molecule has 0 bridgehead atoms. The molecule has 0 unspecified atom stereocenters. The molecule has 0 atom stereocenters. The summed E-state index contributed by atoms with van der Waals surface area (Å²) in [5, 5.41) is 0. The highest BCUT2D eigenvalue weighted by atomic mass is 16.7. The van der Waals surface area contributed by atoms with Crippen molar-refractivity contribution in [2.75, 3.05) is 0 Å². The van der Waals surface area contributed by atoms with E-state index in [4.69, 9.17) is 9.31 Å². The molecular formula is C13H19BN2O2. The van der Waals surface area contributed by atoms with Crippen molar-refractivity contribution in [1.82, 2.24) is 9.97 Å². The zero-order valence-corrected chi connectivity index (χ0v) is 11.4. The predicted octanol–water partition coefficient (Wildman–Crippen LogP) is 1.50. The number of nitrogens with zero attached hydrogens (tertiary/aromatic N) is 2. The van der Waals surface area contributed by atoms with E-state index in [1.165, 1.54) is 6.33 Å². The summed E-state index contributed by atoms with van der Waals surface area (Å²) in [5.74, 6) is 0. The van der Waals surface area contributed by atoms with Crippen LogP contribution in [0.4, 0.5) is 0 Å². The first-order chi connectivity index (χ1) is 8.37. The number of hydrogen-bond acceptors (Lipinski definition) is 4. The molecule has 0 saturated carbocycles. The van der Waals surface area contributed by atoms with Crippen molar-refractivity contribution in [1.29, 1.82) is 0 Å². The van der Waals surface area contributed by atoms with Crippen LogP contribution in [0.5, 0.6) is 0 Å². The Morgan fingerprint density at radius 1 is 1.28 bits per heavy atom. The molecule has 0 spiro atoms. The second kappa shape index (κ2) is 4.48. The first-order valence-corrected chi connectivity index (χ1v) is 6.13. The molecule has 96 valence electrons. The number of aromatic nitrogens is 2. The fourth-order valence-corrected chi connectivity index (χ4v) is 1.84. The lowest BCUT2D eigenvalue weighted by molar-refractivity contribution is 0.00578. The minimum absolute atomic E-state index is 0.348. The molecule has 2 rings (SSSR count). The summed E-state index contributed by atoms with van der Waals surface area (Å²) in [4.78, 5) is 8.33. The molecule has 1 aromatic heterocycles. The van der Waals surface area contributed by atoms with Crippen LogP contribution in [0.3, 0.4) is 0 Å². The molecule has 18 heavy (non-hydrogen) atoms. The lowest BCUT2D eigenvalue weighted by Gasteiger charge is -2.32. The number of allylic oxidation sites excluding steroid dienone is 1. The van der Waals surface area contributed by atoms with Crippen LogP contribution >= 0.6 is 0 Å². The molecule has 1 saturated heterocycles. The molecule has 2 heterocycles. The molecule has 1 aliphatic heterocycles. The SMILES string of the molecule is C=CCc1ncncc1B1OC(C)(C)C(C)(C)O1. The fourth-order valence-electron chi connectivity index (χ4n) is 1.84. The number of rotatable bonds is 3. The summed E-state index contributed by atoms with van der Waals surface area (Å²) in [7, 11) is -0.411. The van der Waals surface area contributed by atoms with E-state index in [9.17, 15) is 0 Å². The minimum atomic E-state index is -0.411. The Morgan fingerprint density at radius 3 is 2.44 bits per heavy atom. The van der Waals surface area contributed by atoms with E-state index in [0.717, 1.165) is 11.2 Å². The zero-order chi connectivity index (χ0) is 13.4. The average molecular weight is 246 g/mol. The first kappa shape index (κ1) is 13.2. The maximum Gasteiger partial charge on any atom is 0.498 e. The Kier molecular flexibility index (Phi) is 3.30. The normalized spacial score (nSPS) is 21.0. The molecule has 0 aromatic carbocycles. The Bertz CT molecular complexity index is 444. The standard InChI is InChI=1S/C13H19BN2O2/c1-6-7-11-10(8-15-9-16-11)14-17-12(2,3)13(4,5)18-14/h6,8-9H,1,7H2,2-5H3. The van der Waals surface area contributed by atoms with Gasteiger partial charge in [0.25, 0.3) is 0 Å². The summed E-state index contributed by atoms with van der Waals surface area (Å²) >= 11 is 0. The molecule has 0 amide bonds. The van der Waals surface area contributed by atoms with Gasteiger partial charge >= 0.3 is 7.12 Å². The second-order valence-corrected chi connectivity index (χ2v) is 5.51. The van der Waals surface area contributed by atoms with Gasteiger partial charge in [0.15, 0.2) is 0 Å². The maximum atomic E-state index is 6.00.